The summed E-state index contributed by atoms with van der Waals surface area (Å²) in [4.78, 5) is 13.9. The third kappa shape index (κ3) is 2.41. The van der Waals surface area contributed by atoms with E-state index < -0.39 is 5.82 Å². The number of amides is 2. The normalized spacial score (nSPS) is 13.2. The van der Waals surface area contributed by atoms with E-state index in [2.05, 4.69) is 21.2 Å². The Bertz CT molecular complexity index is 675. The van der Waals surface area contributed by atoms with Gasteiger partial charge in [0.05, 0.1) is 5.69 Å². The third-order valence-electron chi connectivity index (χ3n) is 3.30. The van der Waals surface area contributed by atoms with Gasteiger partial charge in [-0.25, -0.2) is 9.18 Å². The summed E-state index contributed by atoms with van der Waals surface area (Å²) in [6.45, 7) is 0.603. The fourth-order valence-electron chi connectivity index (χ4n) is 2.33. The highest BCUT2D eigenvalue weighted by Gasteiger charge is 2.25. The molecule has 0 fully saturated rings. The standard InChI is InChI=1S/C15H12BrFN2O/c16-11-5-6-14-10(9-11)7-8-19(14)15(20)18-13-4-2-1-3-12(13)17/h1-6,9H,7-8H2,(H,18,20). The lowest BCUT2D eigenvalue weighted by Gasteiger charge is -2.18. The quantitative estimate of drug-likeness (QED) is 0.833. The van der Waals surface area contributed by atoms with E-state index in [9.17, 15) is 9.18 Å². The van der Waals surface area contributed by atoms with E-state index in [0.29, 0.717) is 6.54 Å². The van der Waals surface area contributed by atoms with Gasteiger partial charge in [-0.05, 0) is 42.3 Å². The average molecular weight is 335 g/mol. The van der Waals surface area contributed by atoms with Crippen molar-refractivity contribution in [1.82, 2.24) is 0 Å². The first-order valence-electron chi connectivity index (χ1n) is 6.26. The molecule has 0 aromatic heterocycles. The minimum Gasteiger partial charge on any atom is -0.305 e. The van der Waals surface area contributed by atoms with Gasteiger partial charge in [0.25, 0.3) is 0 Å². The Hall–Kier alpha value is -1.88. The van der Waals surface area contributed by atoms with E-state index in [0.717, 1.165) is 22.1 Å². The van der Waals surface area contributed by atoms with Crippen LogP contribution in [0.15, 0.2) is 46.9 Å². The number of benzene rings is 2. The fraction of sp³-hybridized carbons (Fsp3) is 0.133. The number of nitrogens with one attached hydrogen (secondary N) is 1. The van der Waals surface area contributed by atoms with Crippen LogP contribution in [0.3, 0.4) is 0 Å². The highest BCUT2D eigenvalue weighted by molar-refractivity contribution is 9.10. The molecule has 0 aliphatic carbocycles. The lowest BCUT2D eigenvalue weighted by molar-refractivity contribution is 0.257. The number of carbonyl (C=O) groups is 1. The minimum absolute atomic E-state index is 0.197. The molecule has 3 rings (SSSR count). The summed E-state index contributed by atoms with van der Waals surface area (Å²) in [5, 5.41) is 2.61. The van der Waals surface area contributed by atoms with Gasteiger partial charge in [0, 0.05) is 16.7 Å². The van der Waals surface area contributed by atoms with E-state index >= 15 is 0 Å². The van der Waals surface area contributed by atoms with Gasteiger partial charge >= 0.3 is 6.03 Å². The Balaban J connectivity index is 1.82. The number of urea groups is 1. The summed E-state index contributed by atoms with van der Waals surface area (Å²) in [7, 11) is 0. The zero-order chi connectivity index (χ0) is 14.1. The molecule has 2 aromatic rings. The number of para-hydroxylation sites is 1. The van der Waals surface area contributed by atoms with Crippen LogP contribution in [0.1, 0.15) is 5.56 Å². The first kappa shape index (κ1) is 13.1. The molecule has 20 heavy (non-hydrogen) atoms. The van der Waals surface area contributed by atoms with Crippen molar-refractivity contribution in [1.29, 1.82) is 0 Å². The van der Waals surface area contributed by atoms with Crippen molar-refractivity contribution in [2.45, 2.75) is 6.42 Å². The maximum absolute atomic E-state index is 13.5. The summed E-state index contributed by atoms with van der Waals surface area (Å²) < 4.78 is 14.5. The van der Waals surface area contributed by atoms with Crippen molar-refractivity contribution in [2.24, 2.45) is 0 Å². The predicted molar refractivity (Wildman–Crippen MR) is 80.6 cm³/mol. The van der Waals surface area contributed by atoms with E-state index in [1.807, 2.05) is 18.2 Å². The second kappa shape index (κ2) is 5.25. The van der Waals surface area contributed by atoms with Crippen molar-refractivity contribution in [3.05, 3.63) is 58.3 Å². The highest BCUT2D eigenvalue weighted by Crippen LogP contribution is 2.31. The fourth-order valence-corrected chi connectivity index (χ4v) is 2.74. The number of hydrogen-bond acceptors (Lipinski definition) is 1. The van der Waals surface area contributed by atoms with Gasteiger partial charge in [-0.3, -0.25) is 4.90 Å². The lowest BCUT2D eigenvalue weighted by Crippen LogP contribution is -2.33. The molecular formula is C15H12BrFN2O. The molecule has 1 heterocycles. The molecule has 0 spiro atoms. The van der Waals surface area contributed by atoms with Crippen LogP contribution in [-0.2, 0) is 6.42 Å². The van der Waals surface area contributed by atoms with Gasteiger partial charge in [0.2, 0.25) is 0 Å². The van der Waals surface area contributed by atoms with Crippen LogP contribution in [0.2, 0.25) is 0 Å². The van der Waals surface area contributed by atoms with Crippen molar-refractivity contribution in [3.8, 4) is 0 Å². The van der Waals surface area contributed by atoms with E-state index in [-0.39, 0.29) is 11.7 Å². The van der Waals surface area contributed by atoms with Gasteiger partial charge in [0.15, 0.2) is 0 Å². The number of rotatable bonds is 1. The molecule has 5 heteroatoms. The molecule has 0 bridgehead atoms. The lowest BCUT2D eigenvalue weighted by atomic mass is 10.2. The van der Waals surface area contributed by atoms with Crippen LogP contribution >= 0.6 is 15.9 Å². The maximum Gasteiger partial charge on any atom is 0.326 e. The van der Waals surface area contributed by atoms with Crippen molar-refractivity contribution in [2.75, 3.05) is 16.8 Å². The molecule has 1 aliphatic rings. The second-order valence-electron chi connectivity index (χ2n) is 4.58. The Morgan fingerprint density at radius 3 is 2.85 bits per heavy atom. The number of fused-ring (bicyclic) bond motifs is 1. The molecule has 3 nitrogen and oxygen atoms in total. The summed E-state index contributed by atoms with van der Waals surface area (Å²) in [6, 6.07) is 11.6. The van der Waals surface area contributed by atoms with E-state index in [4.69, 9.17) is 0 Å². The van der Waals surface area contributed by atoms with Crippen LogP contribution in [0.5, 0.6) is 0 Å². The summed E-state index contributed by atoms with van der Waals surface area (Å²) in [6.07, 6.45) is 0.805. The number of hydrogen-bond donors (Lipinski definition) is 1. The minimum atomic E-state index is -0.434. The smallest absolute Gasteiger partial charge is 0.305 e. The molecule has 0 saturated carbocycles. The van der Waals surface area contributed by atoms with Crippen LogP contribution in [-0.4, -0.2) is 12.6 Å². The topological polar surface area (TPSA) is 32.3 Å². The maximum atomic E-state index is 13.5. The van der Waals surface area contributed by atoms with Crippen LogP contribution in [0, 0.1) is 5.82 Å². The number of halogens is 2. The molecule has 0 unspecified atom stereocenters. The van der Waals surface area contributed by atoms with Crippen molar-refractivity contribution >= 4 is 33.3 Å². The highest BCUT2D eigenvalue weighted by atomic mass is 79.9. The van der Waals surface area contributed by atoms with Gasteiger partial charge < -0.3 is 5.32 Å². The number of anilines is 2. The molecule has 0 radical (unpaired) electrons. The molecule has 2 aromatic carbocycles. The molecule has 2 amide bonds. The van der Waals surface area contributed by atoms with Crippen LogP contribution < -0.4 is 10.2 Å². The zero-order valence-electron chi connectivity index (χ0n) is 10.6. The first-order chi connectivity index (χ1) is 9.65. The Morgan fingerprint density at radius 1 is 1.25 bits per heavy atom. The van der Waals surface area contributed by atoms with Gasteiger partial charge in [-0.15, -0.1) is 0 Å². The summed E-state index contributed by atoms with van der Waals surface area (Å²) in [5.41, 5.74) is 2.19. The monoisotopic (exact) mass is 334 g/mol. The predicted octanol–water partition coefficient (Wildman–Crippen LogP) is 4.18. The SMILES string of the molecule is O=C(Nc1ccccc1F)N1CCc2cc(Br)ccc21. The molecule has 1 N–H and O–H groups in total. The zero-order valence-corrected chi connectivity index (χ0v) is 12.2. The van der Waals surface area contributed by atoms with Crippen LogP contribution in [0.25, 0.3) is 0 Å². The number of nitrogens with zero attached hydrogens (tertiary/aromatic N) is 1. The molecule has 0 atom stereocenters. The Kier molecular flexibility index (Phi) is 3.44. The van der Waals surface area contributed by atoms with E-state index in [1.54, 1.807) is 23.1 Å². The van der Waals surface area contributed by atoms with Gasteiger partial charge in [-0.1, -0.05) is 28.1 Å². The molecular weight excluding hydrogens is 323 g/mol. The summed E-state index contributed by atoms with van der Waals surface area (Å²) in [5.74, 6) is -0.434. The Labute approximate surface area is 124 Å². The third-order valence-corrected chi connectivity index (χ3v) is 3.79. The van der Waals surface area contributed by atoms with E-state index in [1.165, 1.54) is 6.07 Å². The first-order valence-corrected chi connectivity index (χ1v) is 7.06. The molecule has 1 aliphatic heterocycles. The molecule has 0 saturated heterocycles. The average Bonchev–Trinajstić information content (AvgIpc) is 2.84. The Morgan fingerprint density at radius 2 is 2.05 bits per heavy atom. The summed E-state index contributed by atoms with van der Waals surface area (Å²) >= 11 is 3.42. The van der Waals surface area contributed by atoms with Crippen molar-refractivity contribution in [3.63, 3.8) is 0 Å². The van der Waals surface area contributed by atoms with Crippen molar-refractivity contribution < 1.29 is 9.18 Å². The largest absolute Gasteiger partial charge is 0.326 e. The number of carbonyl (C=O) groups excluding carboxylic acids is 1. The van der Waals surface area contributed by atoms with Gasteiger partial charge in [0.1, 0.15) is 5.82 Å². The molecule has 102 valence electrons. The van der Waals surface area contributed by atoms with Crippen LogP contribution in [0.4, 0.5) is 20.6 Å². The van der Waals surface area contributed by atoms with Gasteiger partial charge in [-0.2, -0.15) is 0 Å². The second-order valence-corrected chi connectivity index (χ2v) is 5.50.